The Hall–Kier alpha value is -1.02. The van der Waals surface area contributed by atoms with Crippen molar-refractivity contribution in [3.05, 3.63) is 29.3 Å². The van der Waals surface area contributed by atoms with Gasteiger partial charge in [0.25, 0.3) is 0 Å². The quantitative estimate of drug-likeness (QED) is 0.842. The first-order valence-corrected chi connectivity index (χ1v) is 7.39. The van der Waals surface area contributed by atoms with Crippen LogP contribution >= 0.6 is 0 Å². The third-order valence-electron chi connectivity index (χ3n) is 3.88. The van der Waals surface area contributed by atoms with Crippen LogP contribution in [-0.2, 0) is 0 Å². The molecule has 1 fully saturated rings. The Morgan fingerprint density at radius 2 is 1.95 bits per heavy atom. The first-order valence-electron chi connectivity index (χ1n) is 7.39. The lowest BCUT2D eigenvalue weighted by Gasteiger charge is -2.33. The van der Waals surface area contributed by atoms with E-state index in [0.717, 1.165) is 19.1 Å². The molecule has 0 saturated heterocycles. The van der Waals surface area contributed by atoms with E-state index in [0.29, 0.717) is 5.41 Å². The van der Waals surface area contributed by atoms with Gasteiger partial charge in [-0.3, -0.25) is 0 Å². The smallest absolute Gasteiger partial charge is 0.0393 e. The second-order valence-corrected chi connectivity index (χ2v) is 6.97. The molecule has 1 aromatic rings. The molecule has 1 N–H and O–H groups in total. The summed E-state index contributed by atoms with van der Waals surface area (Å²) < 4.78 is 0. The van der Waals surface area contributed by atoms with E-state index >= 15 is 0 Å². The normalized spacial score (nSPS) is 15.6. The summed E-state index contributed by atoms with van der Waals surface area (Å²) in [6.07, 6.45) is 2.73. The van der Waals surface area contributed by atoms with Crippen LogP contribution < -0.4 is 10.2 Å². The van der Waals surface area contributed by atoms with Gasteiger partial charge in [0.05, 0.1) is 0 Å². The van der Waals surface area contributed by atoms with Gasteiger partial charge in [-0.1, -0.05) is 31.5 Å². The highest BCUT2D eigenvalue weighted by Gasteiger charge is 2.26. The Bertz CT molecular complexity index is 433. The molecule has 106 valence electrons. The van der Waals surface area contributed by atoms with Gasteiger partial charge in [-0.05, 0) is 43.7 Å². The van der Waals surface area contributed by atoms with Crippen LogP contribution in [0.15, 0.2) is 18.2 Å². The SMILES string of the molecule is Cc1ccc(N(C)CC(C)(C)CNC2CC2)c(C)c1. The standard InChI is InChI=1S/C17H28N2/c1-13-6-9-16(14(2)10-13)19(5)12-17(3,4)11-18-15-7-8-15/h6,9-10,15,18H,7-8,11-12H2,1-5H3. The van der Waals surface area contributed by atoms with E-state index in [9.17, 15) is 0 Å². The Labute approximate surface area is 118 Å². The molecule has 1 aliphatic carbocycles. The van der Waals surface area contributed by atoms with Gasteiger partial charge in [0.1, 0.15) is 0 Å². The molecule has 0 aromatic heterocycles. The highest BCUT2D eigenvalue weighted by molar-refractivity contribution is 5.53. The largest absolute Gasteiger partial charge is 0.374 e. The van der Waals surface area contributed by atoms with Crippen molar-refractivity contribution in [2.24, 2.45) is 5.41 Å². The highest BCUT2D eigenvalue weighted by Crippen LogP contribution is 2.26. The number of rotatable bonds is 6. The summed E-state index contributed by atoms with van der Waals surface area (Å²) in [5.74, 6) is 0. The van der Waals surface area contributed by atoms with Crippen molar-refractivity contribution in [2.75, 3.05) is 25.0 Å². The third-order valence-corrected chi connectivity index (χ3v) is 3.88. The van der Waals surface area contributed by atoms with Gasteiger partial charge < -0.3 is 10.2 Å². The van der Waals surface area contributed by atoms with Gasteiger partial charge in [-0.25, -0.2) is 0 Å². The van der Waals surface area contributed by atoms with E-state index in [1.807, 2.05) is 0 Å². The molecule has 0 atom stereocenters. The van der Waals surface area contributed by atoms with Gasteiger partial charge in [-0.15, -0.1) is 0 Å². The van der Waals surface area contributed by atoms with Crippen molar-refractivity contribution in [3.8, 4) is 0 Å². The molecule has 0 bridgehead atoms. The number of hydrogen-bond donors (Lipinski definition) is 1. The van der Waals surface area contributed by atoms with E-state index in [2.05, 4.69) is 63.2 Å². The third kappa shape index (κ3) is 4.24. The Balaban J connectivity index is 1.96. The first-order chi connectivity index (χ1) is 8.87. The first kappa shape index (κ1) is 14.4. The zero-order valence-electron chi connectivity index (χ0n) is 13.1. The predicted molar refractivity (Wildman–Crippen MR) is 84.0 cm³/mol. The fraction of sp³-hybridized carbons (Fsp3) is 0.647. The number of nitrogens with one attached hydrogen (secondary N) is 1. The van der Waals surface area contributed by atoms with Crippen molar-refractivity contribution in [2.45, 2.75) is 46.6 Å². The van der Waals surface area contributed by atoms with E-state index in [4.69, 9.17) is 0 Å². The number of aryl methyl sites for hydroxylation is 2. The van der Waals surface area contributed by atoms with Gasteiger partial charge in [0.2, 0.25) is 0 Å². The molecule has 2 heteroatoms. The average molecular weight is 260 g/mol. The number of hydrogen-bond acceptors (Lipinski definition) is 2. The van der Waals surface area contributed by atoms with Crippen LogP contribution in [-0.4, -0.2) is 26.2 Å². The minimum atomic E-state index is 0.300. The van der Waals surface area contributed by atoms with E-state index in [1.165, 1.54) is 29.7 Å². The number of nitrogens with zero attached hydrogens (tertiary/aromatic N) is 1. The Kier molecular flexibility index (Phi) is 4.19. The summed E-state index contributed by atoms with van der Waals surface area (Å²) in [5, 5.41) is 3.65. The van der Waals surface area contributed by atoms with Gasteiger partial charge in [0.15, 0.2) is 0 Å². The average Bonchev–Trinajstić information content (AvgIpc) is 3.09. The van der Waals surface area contributed by atoms with Crippen molar-refractivity contribution >= 4 is 5.69 Å². The van der Waals surface area contributed by atoms with Gasteiger partial charge in [0, 0.05) is 31.9 Å². The second kappa shape index (κ2) is 5.54. The summed E-state index contributed by atoms with van der Waals surface area (Å²) in [4.78, 5) is 2.39. The van der Waals surface area contributed by atoms with Crippen LogP contribution in [0.3, 0.4) is 0 Å². The molecule has 1 aliphatic rings. The summed E-state index contributed by atoms with van der Waals surface area (Å²) >= 11 is 0. The van der Waals surface area contributed by atoms with Gasteiger partial charge in [-0.2, -0.15) is 0 Å². The van der Waals surface area contributed by atoms with Crippen LogP contribution in [0, 0.1) is 19.3 Å². The molecule has 0 amide bonds. The van der Waals surface area contributed by atoms with Crippen molar-refractivity contribution < 1.29 is 0 Å². The monoisotopic (exact) mass is 260 g/mol. The van der Waals surface area contributed by atoms with Crippen molar-refractivity contribution in [1.29, 1.82) is 0 Å². The number of anilines is 1. The van der Waals surface area contributed by atoms with Crippen LogP contribution in [0.4, 0.5) is 5.69 Å². The Morgan fingerprint density at radius 3 is 2.53 bits per heavy atom. The molecule has 0 heterocycles. The molecule has 19 heavy (non-hydrogen) atoms. The molecular weight excluding hydrogens is 232 g/mol. The molecule has 0 unspecified atom stereocenters. The minimum absolute atomic E-state index is 0.300. The Morgan fingerprint density at radius 1 is 1.26 bits per heavy atom. The molecule has 2 nitrogen and oxygen atoms in total. The summed E-state index contributed by atoms with van der Waals surface area (Å²) in [5.41, 5.74) is 4.36. The summed E-state index contributed by atoms with van der Waals surface area (Å²) in [6, 6.07) is 7.51. The molecule has 2 rings (SSSR count). The van der Waals surface area contributed by atoms with Crippen LogP contribution in [0.1, 0.15) is 37.8 Å². The maximum atomic E-state index is 3.65. The summed E-state index contributed by atoms with van der Waals surface area (Å²) in [6.45, 7) is 11.2. The van der Waals surface area contributed by atoms with Crippen LogP contribution in [0.2, 0.25) is 0 Å². The van der Waals surface area contributed by atoms with Crippen molar-refractivity contribution in [3.63, 3.8) is 0 Å². The topological polar surface area (TPSA) is 15.3 Å². The van der Waals surface area contributed by atoms with Crippen LogP contribution in [0.25, 0.3) is 0 Å². The summed E-state index contributed by atoms with van der Waals surface area (Å²) in [7, 11) is 2.20. The molecular formula is C17H28N2. The molecule has 1 saturated carbocycles. The lowest BCUT2D eigenvalue weighted by Crippen LogP contribution is -2.39. The second-order valence-electron chi connectivity index (χ2n) is 6.97. The lowest BCUT2D eigenvalue weighted by molar-refractivity contribution is 0.345. The fourth-order valence-corrected chi connectivity index (χ4v) is 2.72. The van der Waals surface area contributed by atoms with E-state index in [1.54, 1.807) is 0 Å². The fourth-order valence-electron chi connectivity index (χ4n) is 2.72. The number of benzene rings is 1. The maximum Gasteiger partial charge on any atom is 0.0393 e. The lowest BCUT2D eigenvalue weighted by atomic mass is 9.92. The minimum Gasteiger partial charge on any atom is -0.374 e. The molecule has 1 aromatic carbocycles. The molecule has 0 radical (unpaired) electrons. The predicted octanol–water partition coefficient (Wildman–Crippen LogP) is 3.52. The maximum absolute atomic E-state index is 3.65. The van der Waals surface area contributed by atoms with Crippen molar-refractivity contribution in [1.82, 2.24) is 5.32 Å². The molecule has 0 spiro atoms. The van der Waals surface area contributed by atoms with E-state index in [-0.39, 0.29) is 0 Å². The van der Waals surface area contributed by atoms with Gasteiger partial charge >= 0.3 is 0 Å². The zero-order chi connectivity index (χ0) is 14.0. The zero-order valence-corrected chi connectivity index (χ0v) is 13.1. The van der Waals surface area contributed by atoms with Crippen LogP contribution in [0.5, 0.6) is 0 Å². The highest BCUT2D eigenvalue weighted by atomic mass is 15.1. The van der Waals surface area contributed by atoms with E-state index < -0.39 is 0 Å². The molecule has 0 aliphatic heterocycles.